The summed E-state index contributed by atoms with van der Waals surface area (Å²) in [6.07, 6.45) is 1.70. The van der Waals surface area contributed by atoms with Crippen molar-refractivity contribution in [1.82, 2.24) is 0 Å². The van der Waals surface area contributed by atoms with Gasteiger partial charge in [0, 0.05) is 5.92 Å². The Kier molecular flexibility index (Phi) is 3.07. The van der Waals surface area contributed by atoms with E-state index < -0.39 is 0 Å². The molecule has 1 nitrogen and oxygen atoms in total. The zero-order valence-corrected chi connectivity index (χ0v) is 5.22. The molecule has 9 heavy (non-hydrogen) atoms. The molecule has 0 spiro atoms. The van der Waals surface area contributed by atoms with Crippen LogP contribution in [0.15, 0.2) is 22.8 Å². The van der Waals surface area contributed by atoms with E-state index in [9.17, 15) is 0 Å². The molecule has 0 saturated heterocycles. The molecule has 0 bridgehead atoms. The third-order valence-electron chi connectivity index (χ3n) is 1.11. The van der Waals surface area contributed by atoms with Gasteiger partial charge in [-0.25, -0.2) is 0 Å². The maximum atomic E-state index is 5.09. The summed E-state index contributed by atoms with van der Waals surface area (Å²) in [5.74, 6) is 1.58. The molecule has 0 aliphatic heterocycles. The lowest BCUT2D eigenvalue weighted by Gasteiger charge is -1.94. The van der Waals surface area contributed by atoms with E-state index in [1.165, 1.54) is 0 Å². The molecule has 0 aliphatic rings. The summed E-state index contributed by atoms with van der Waals surface area (Å²) in [6, 6.07) is 3.90. The summed E-state index contributed by atoms with van der Waals surface area (Å²) in [4.78, 5) is 0. The lowest BCUT2D eigenvalue weighted by molar-refractivity contribution is 0.487. The summed E-state index contributed by atoms with van der Waals surface area (Å²) < 4.78 is 5.09. The molecule has 1 aromatic heterocycles. The van der Waals surface area contributed by atoms with E-state index >= 15 is 0 Å². The Morgan fingerprint density at radius 2 is 2.11 bits per heavy atom. The molecule has 1 aromatic rings. The van der Waals surface area contributed by atoms with Gasteiger partial charge in [-0.05, 0) is 12.1 Å². The van der Waals surface area contributed by atoms with Gasteiger partial charge in [-0.1, -0.05) is 21.3 Å². The lowest BCUT2D eigenvalue weighted by Crippen LogP contribution is -1.79. The third kappa shape index (κ3) is 1.92. The molecule has 0 saturated carbocycles. The molecule has 0 radical (unpaired) electrons. The van der Waals surface area contributed by atoms with Crippen LogP contribution in [0, 0.1) is 0 Å². The van der Waals surface area contributed by atoms with Gasteiger partial charge in [0.25, 0.3) is 0 Å². The predicted octanol–water partition coefficient (Wildman–Crippen LogP) is 3.04. The Labute approximate surface area is 56.7 Å². The van der Waals surface area contributed by atoms with Gasteiger partial charge in [0.2, 0.25) is 0 Å². The van der Waals surface area contributed by atoms with Gasteiger partial charge in [0.05, 0.1) is 6.26 Å². The molecule has 0 fully saturated rings. The van der Waals surface area contributed by atoms with Gasteiger partial charge in [-0.2, -0.15) is 0 Å². The number of hydrogen-bond acceptors (Lipinski definition) is 1. The Morgan fingerprint density at radius 3 is 2.33 bits per heavy atom. The third-order valence-corrected chi connectivity index (χ3v) is 1.11. The molecule has 1 heterocycles. The standard InChI is InChI=1S/C7H10O.CH4/c1-6(2)7-4-3-5-8-7;/h3-6H,1-2H3;1H4. The highest BCUT2D eigenvalue weighted by molar-refractivity contribution is 5.02. The minimum absolute atomic E-state index is 0. The van der Waals surface area contributed by atoms with Gasteiger partial charge < -0.3 is 4.42 Å². The van der Waals surface area contributed by atoms with Crippen molar-refractivity contribution in [2.75, 3.05) is 0 Å². The van der Waals surface area contributed by atoms with Gasteiger partial charge in [0.15, 0.2) is 0 Å². The van der Waals surface area contributed by atoms with Gasteiger partial charge >= 0.3 is 0 Å². The first kappa shape index (κ1) is 8.28. The molecule has 0 unspecified atom stereocenters. The van der Waals surface area contributed by atoms with E-state index in [4.69, 9.17) is 4.42 Å². The summed E-state index contributed by atoms with van der Waals surface area (Å²) in [6.45, 7) is 4.22. The number of furan rings is 1. The van der Waals surface area contributed by atoms with Crippen LogP contribution in [0.25, 0.3) is 0 Å². The van der Waals surface area contributed by atoms with Crippen molar-refractivity contribution >= 4 is 0 Å². The van der Waals surface area contributed by atoms with Crippen molar-refractivity contribution < 1.29 is 4.42 Å². The molecule has 0 aliphatic carbocycles. The minimum Gasteiger partial charge on any atom is -0.469 e. The van der Waals surface area contributed by atoms with Crippen LogP contribution in [0.3, 0.4) is 0 Å². The zero-order chi connectivity index (χ0) is 5.98. The second-order valence-corrected chi connectivity index (χ2v) is 2.17. The topological polar surface area (TPSA) is 13.1 Å². The second kappa shape index (κ2) is 3.33. The van der Waals surface area contributed by atoms with Crippen LogP contribution < -0.4 is 0 Å². The van der Waals surface area contributed by atoms with E-state index in [1.54, 1.807) is 6.26 Å². The van der Waals surface area contributed by atoms with Crippen LogP contribution in [0.1, 0.15) is 33.0 Å². The Balaban J connectivity index is 0.000000640. The molecule has 0 aromatic carbocycles. The van der Waals surface area contributed by atoms with E-state index in [-0.39, 0.29) is 7.43 Å². The van der Waals surface area contributed by atoms with Gasteiger partial charge in [-0.15, -0.1) is 0 Å². The van der Waals surface area contributed by atoms with E-state index in [0.29, 0.717) is 5.92 Å². The fourth-order valence-electron chi connectivity index (χ4n) is 0.620. The molecule has 0 atom stereocenters. The highest BCUT2D eigenvalue weighted by atomic mass is 16.3. The summed E-state index contributed by atoms with van der Waals surface area (Å²) in [7, 11) is 0. The normalized spacial score (nSPS) is 9.22. The molecule has 0 N–H and O–H groups in total. The average molecular weight is 126 g/mol. The zero-order valence-electron chi connectivity index (χ0n) is 5.22. The van der Waals surface area contributed by atoms with Crippen LogP contribution >= 0.6 is 0 Å². The lowest BCUT2D eigenvalue weighted by atomic mass is 10.2. The van der Waals surface area contributed by atoms with Crippen LogP contribution in [0.4, 0.5) is 0 Å². The minimum atomic E-state index is 0. The Bertz CT molecular complexity index is 140. The van der Waals surface area contributed by atoms with Crippen LogP contribution in [-0.4, -0.2) is 0 Å². The largest absolute Gasteiger partial charge is 0.469 e. The monoisotopic (exact) mass is 126 g/mol. The van der Waals surface area contributed by atoms with Crippen LogP contribution in [0.5, 0.6) is 0 Å². The van der Waals surface area contributed by atoms with E-state index in [0.717, 1.165) is 5.76 Å². The molecule has 0 amide bonds. The van der Waals surface area contributed by atoms with Crippen molar-refractivity contribution in [3.05, 3.63) is 24.2 Å². The molecule has 1 rings (SSSR count). The molecule has 52 valence electrons. The SMILES string of the molecule is C.CC(C)c1ccco1. The first-order valence-corrected chi connectivity index (χ1v) is 2.84. The number of rotatable bonds is 1. The van der Waals surface area contributed by atoms with Crippen LogP contribution in [-0.2, 0) is 0 Å². The fourth-order valence-corrected chi connectivity index (χ4v) is 0.620. The van der Waals surface area contributed by atoms with Crippen LogP contribution in [0.2, 0.25) is 0 Å². The van der Waals surface area contributed by atoms with Crippen molar-refractivity contribution in [3.63, 3.8) is 0 Å². The van der Waals surface area contributed by atoms with Gasteiger partial charge in [-0.3, -0.25) is 0 Å². The first-order chi connectivity index (χ1) is 3.80. The van der Waals surface area contributed by atoms with Gasteiger partial charge in [0.1, 0.15) is 5.76 Å². The number of hydrogen-bond donors (Lipinski definition) is 0. The summed E-state index contributed by atoms with van der Waals surface area (Å²) >= 11 is 0. The smallest absolute Gasteiger partial charge is 0.106 e. The Morgan fingerprint density at radius 1 is 1.44 bits per heavy atom. The molecular formula is C8H14O. The van der Waals surface area contributed by atoms with Crippen molar-refractivity contribution in [2.45, 2.75) is 27.2 Å². The van der Waals surface area contributed by atoms with Crippen molar-refractivity contribution in [2.24, 2.45) is 0 Å². The van der Waals surface area contributed by atoms with E-state index in [2.05, 4.69) is 13.8 Å². The van der Waals surface area contributed by atoms with E-state index in [1.807, 2.05) is 12.1 Å². The highest BCUT2D eigenvalue weighted by Gasteiger charge is 1.97. The predicted molar refractivity (Wildman–Crippen MR) is 39.5 cm³/mol. The first-order valence-electron chi connectivity index (χ1n) is 2.84. The molecule has 1 heteroatoms. The van der Waals surface area contributed by atoms with Crippen molar-refractivity contribution in [3.8, 4) is 0 Å². The maximum absolute atomic E-state index is 5.09. The fraction of sp³-hybridized carbons (Fsp3) is 0.500. The molecular weight excluding hydrogens is 112 g/mol. The Hall–Kier alpha value is -0.720. The quantitative estimate of drug-likeness (QED) is 0.563. The second-order valence-electron chi connectivity index (χ2n) is 2.17. The van der Waals surface area contributed by atoms with Crippen molar-refractivity contribution in [1.29, 1.82) is 0 Å². The summed E-state index contributed by atoms with van der Waals surface area (Å²) in [5, 5.41) is 0. The highest BCUT2D eigenvalue weighted by Crippen LogP contribution is 2.12. The maximum Gasteiger partial charge on any atom is 0.106 e. The summed E-state index contributed by atoms with van der Waals surface area (Å²) in [5.41, 5.74) is 0. The average Bonchev–Trinajstić information content (AvgIpc) is 2.12.